The van der Waals surface area contributed by atoms with Crippen molar-refractivity contribution in [3.8, 4) is 67.3 Å². The third-order valence-electron chi connectivity index (χ3n) is 24.3. The summed E-state index contributed by atoms with van der Waals surface area (Å²) in [5, 5.41) is 15.2. The van der Waals surface area contributed by atoms with Crippen molar-refractivity contribution in [2.24, 2.45) is 0 Å². The summed E-state index contributed by atoms with van der Waals surface area (Å²) in [5.74, 6) is 0. The number of anilines is 3. The van der Waals surface area contributed by atoms with Crippen molar-refractivity contribution in [3.63, 3.8) is 0 Å². The lowest BCUT2D eigenvalue weighted by molar-refractivity contribution is 1.16. The van der Waals surface area contributed by atoms with Crippen LogP contribution in [-0.4, -0.2) is 18.3 Å². The van der Waals surface area contributed by atoms with Gasteiger partial charge < -0.3 is 23.2 Å². The molecular formula is C117H80BrN5. The maximum Gasteiger partial charge on any atom is 0.0562 e. The molecule has 20 aromatic carbocycles. The minimum absolute atomic E-state index is 0.905. The van der Waals surface area contributed by atoms with E-state index in [-0.39, 0.29) is 0 Å². The molecule has 0 saturated heterocycles. The highest BCUT2D eigenvalue weighted by molar-refractivity contribution is 9.10. The third-order valence-corrected chi connectivity index (χ3v) is 24.8. The molecule has 123 heavy (non-hydrogen) atoms. The van der Waals surface area contributed by atoms with E-state index >= 15 is 0 Å². The summed E-state index contributed by atoms with van der Waals surface area (Å²) in [4.78, 5) is 2.44. The van der Waals surface area contributed by atoms with E-state index in [0.717, 1.165) is 56.0 Å². The van der Waals surface area contributed by atoms with Crippen molar-refractivity contribution in [2.45, 2.75) is 6.42 Å². The lowest BCUT2D eigenvalue weighted by Crippen LogP contribution is -2.11. The van der Waals surface area contributed by atoms with E-state index in [9.17, 15) is 0 Å². The molecule has 0 aliphatic rings. The Hall–Kier alpha value is -15.6. The van der Waals surface area contributed by atoms with Crippen molar-refractivity contribution in [1.29, 1.82) is 0 Å². The molecule has 0 aliphatic heterocycles. The molecule has 0 amide bonds. The standard InChI is InChI=1S/C58H39N3.C35H25N.C24H16BrN/c1-4-16-40(17-5-1)41-28-32-46(33-29-41)59(47-34-36-52-57(39-47)61(45-21-8-3-9-22-45)55-37-31-42-18-10-11-24-49(42)58(52)55)53-26-14-12-23-48(53)43-30-35-51-50-25-13-15-27-54(50)60(56(51)38-43)44-19-6-2-7-20-44;1-3-9-27(10-4-1)28-18-15-25(16-19-28)23-26-17-21-32-34(24-26)36(30-12-5-2-6-13-30)33-22-20-29-11-7-8-14-31(29)35(32)33;25-19-8-6-7-17(15-19)18-13-14-22-21-11-4-5-12-23(21)26(24(22)16-18)20-9-2-1-3-10-20/h1-39H;1-22,24H,23H2;1-16H. The number of hydrogen-bond acceptors (Lipinski definition) is 1. The van der Waals surface area contributed by atoms with Gasteiger partial charge in [-0.25, -0.2) is 0 Å². The monoisotopic (exact) mass is 1630 g/mol. The van der Waals surface area contributed by atoms with Gasteiger partial charge in [0, 0.05) is 87.3 Å². The summed E-state index contributed by atoms with van der Waals surface area (Å²) in [5.41, 5.74) is 29.9. The van der Waals surface area contributed by atoms with Gasteiger partial charge in [0.05, 0.1) is 49.8 Å². The number of nitrogens with zero attached hydrogens (tertiary/aromatic N) is 5. The van der Waals surface area contributed by atoms with Crippen LogP contribution in [0.1, 0.15) is 11.1 Å². The molecule has 0 bridgehead atoms. The first kappa shape index (κ1) is 73.7. The SMILES string of the molecule is Brc1cccc(-c2ccc3c4ccccc4n(-c4ccccc4)c3c2)c1.c1ccc(-c2ccc(Cc3ccc4c5c6ccccc6ccc5n(-c5ccccc5)c4c3)cc2)cc1.c1ccc(-c2ccc(N(c3ccc4c5c6ccccc6ccc5n(-c5ccccc5)c4c3)c3ccccc3-c3ccc4c5ccccc5n(-c5ccccc5)c4c3)cc2)cc1. The number of para-hydroxylation sites is 7. The predicted octanol–water partition coefficient (Wildman–Crippen LogP) is 32.2. The molecule has 0 aliphatic carbocycles. The molecule has 5 nitrogen and oxygen atoms in total. The lowest BCUT2D eigenvalue weighted by atomic mass is 9.99. The van der Waals surface area contributed by atoms with Gasteiger partial charge in [-0.3, -0.25) is 0 Å². The molecule has 0 spiro atoms. The fraction of sp³-hybridized carbons (Fsp3) is 0.00855. The molecule has 0 radical (unpaired) electrons. The summed E-state index contributed by atoms with van der Waals surface area (Å²) in [6.45, 7) is 0. The number of rotatable bonds is 13. The van der Waals surface area contributed by atoms with Gasteiger partial charge in [0.2, 0.25) is 0 Å². The van der Waals surface area contributed by atoms with E-state index in [0.29, 0.717) is 0 Å². The first-order chi connectivity index (χ1) is 60.9. The minimum atomic E-state index is 0.905. The molecule has 0 N–H and O–H groups in total. The van der Waals surface area contributed by atoms with Crippen LogP contribution in [0.15, 0.2) is 478 Å². The Bertz CT molecular complexity index is 8050. The van der Waals surface area contributed by atoms with Crippen LogP contribution in [0.3, 0.4) is 0 Å². The Kier molecular flexibility index (Phi) is 19.1. The highest BCUT2D eigenvalue weighted by Gasteiger charge is 2.24. The molecule has 0 atom stereocenters. The third kappa shape index (κ3) is 13.7. The van der Waals surface area contributed by atoms with Crippen molar-refractivity contribution >= 4 is 142 Å². The predicted molar refractivity (Wildman–Crippen MR) is 525 cm³/mol. The summed E-state index contributed by atoms with van der Waals surface area (Å²) >= 11 is 3.58. The zero-order valence-corrected chi connectivity index (χ0v) is 68.9. The Balaban J connectivity index is 0.000000122. The van der Waals surface area contributed by atoms with Crippen molar-refractivity contribution in [3.05, 3.63) is 489 Å². The van der Waals surface area contributed by atoms with E-state index in [1.807, 2.05) is 0 Å². The molecule has 0 saturated carbocycles. The van der Waals surface area contributed by atoms with E-state index < -0.39 is 0 Å². The van der Waals surface area contributed by atoms with Gasteiger partial charge in [0.25, 0.3) is 0 Å². The topological polar surface area (TPSA) is 23.0 Å². The zero-order valence-electron chi connectivity index (χ0n) is 67.4. The van der Waals surface area contributed by atoms with E-state index in [2.05, 4.69) is 512 Å². The molecule has 580 valence electrons. The molecular weight excluding hydrogens is 1560 g/mol. The summed E-state index contributed by atoms with van der Waals surface area (Å²) in [6, 6.07) is 171. The molecule has 4 aromatic heterocycles. The second-order valence-electron chi connectivity index (χ2n) is 31.6. The van der Waals surface area contributed by atoms with E-state index in [1.54, 1.807) is 0 Å². The van der Waals surface area contributed by atoms with Gasteiger partial charge in [-0.05, 0) is 211 Å². The van der Waals surface area contributed by atoms with E-state index in [1.165, 1.54) is 159 Å². The normalized spacial score (nSPS) is 11.5. The van der Waals surface area contributed by atoms with Crippen molar-refractivity contribution in [1.82, 2.24) is 18.3 Å². The minimum Gasteiger partial charge on any atom is -0.310 e. The molecule has 4 heterocycles. The number of aromatic nitrogens is 4. The van der Waals surface area contributed by atoms with Crippen LogP contribution in [0, 0.1) is 0 Å². The molecule has 24 aromatic rings. The highest BCUT2D eigenvalue weighted by atomic mass is 79.9. The van der Waals surface area contributed by atoms with Crippen LogP contribution < -0.4 is 4.90 Å². The highest BCUT2D eigenvalue weighted by Crippen LogP contribution is 2.47. The second kappa shape index (κ2) is 31.9. The maximum absolute atomic E-state index is 3.58. The number of fused-ring (bicyclic) bond motifs is 16. The van der Waals surface area contributed by atoms with Gasteiger partial charge in [-0.1, -0.05) is 356 Å². The van der Waals surface area contributed by atoms with Crippen LogP contribution in [0.5, 0.6) is 0 Å². The van der Waals surface area contributed by atoms with Gasteiger partial charge in [-0.15, -0.1) is 0 Å². The quantitative estimate of drug-likeness (QED) is 0.113. The Labute approximate surface area is 722 Å². The molecule has 0 fully saturated rings. The molecule has 24 rings (SSSR count). The molecule has 6 heteroatoms. The van der Waals surface area contributed by atoms with Gasteiger partial charge in [-0.2, -0.15) is 0 Å². The fourth-order valence-electron chi connectivity index (χ4n) is 18.7. The summed E-state index contributed by atoms with van der Waals surface area (Å²) in [7, 11) is 0. The first-order valence-electron chi connectivity index (χ1n) is 42.1. The average Bonchev–Trinajstić information content (AvgIpc) is 1.59. The largest absolute Gasteiger partial charge is 0.310 e. The van der Waals surface area contributed by atoms with Crippen LogP contribution in [-0.2, 0) is 6.42 Å². The van der Waals surface area contributed by atoms with Gasteiger partial charge in [0.1, 0.15) is 0 Å². The Morgan fingerprint density at radius 3 is 1.07 bits per heavy atom. The van der Waals surface area contributed by atoms with Crippen LogP contribution in [0.4, 0.5) is 17.1 Å². The van der Waals surface area contributed by atoms with Gasteiger partial charge >= 0.3 is 0 Å². The Morgan fingerprint density at radius 1 is 0.195 bits per heavy atom. The van der Waals surface area contributed by atoms with Crippen LogP contribution >= 0.6 is 15.9 Å². The number of hydrogen-bond donors (Lipinski definition) is 0. The number of benzene rings is 20. The first-order valence-corrected chi connectivity index (χ1v) is 42.9. The zero-order chi connectivity index (χ0) is 81.7. The number of halogens is 1. The van der Waals surface area contributed by atoms with Crippen molar-refractivity contribution < 1.29 is 0 Å². The van der Waals surface area contributed by atoms with Crippen molar-refractivity contribution in [2.75, 3.05) is 4.90 Å². The van der Waals surface area contributed by atoms with Crippen LogP contribution in [0.25, 0.3) is 176 Å². The van der Waals surface area contributed by atoms with Crippen LogP contribution in [0.2, 0.25) is 0 Å². The summed E-state index contributed by atoms with van der Waals surface area (Å²) in [6.07, 6.45) is 0.905. The lowest BCUT2D eigenvalue weighted by Gasteiger charge is -2.28. The maximum atomic E-state index is 3.58. The van der Waals surface area contributed by atoms with Gasteiger partial charge in [0.15, 0.2) is 0 Å². The smallest absolute Gasteiger partial charge is 0.0562 e. The second-order valence-corrected chi connectivity index (χ2v) is 32.5. The average molecular weight is 1640 g/mol. The fourth-order valence-corrected chi connectivity index (χ4v) is 19.1. The Morgan fingerprint density at radius 2 is 0.545 bits per heavy atom. The molecule has 0 unspecified atom stereocenters. The summed E-state index contributed by atoms with van der Waals surface area (Å²) < 4.78 is 10.7. The van der Waals surface area contributed by atoms with E-state index in [4.69, 9.17) is 0 Å².